The molecule has 0 radical (unpaired) electrons. The molecule has 0 aliphatic carbocycles. The predicted molar refractivity (Wildman–Crippen MR) is 103 cm³/mol. The average Bonchev–Trinajstić information content (AvgIpc) is 2.38. The Morgan fingerprint density at radius 3 is 2.38 bits per heavy atom. The summed E-state index contributed by atoms with van der Waals surface area (Å²) in [7, 11) is 0. The highest BCUT2D eigenvalue weighted by molar-refractivity contribution is 14.2. The minimum Gasteiger partial charge on any atom is -0.375 e. The lowest BCUT2D eigenvalue weighted by Gasteiger charge is -2.14. The topological polar surface area (TPSA) is 9.23 Å². The second-order valence-electron chi connectivity index (χ2n) is 4.51. The van der Waals surface area contributed by atoms with Crippen molar-refractivity contribution in [1.82, 2.24) is 0 Å². The predicted octanol–water partition coefficient (Wildman–Crippen LogP) is 6.05. The summed E-state index contributed by atoms with van der Waals surface area (Å²) in [6, 6.07) is 9.93. The third kappa shape index (κ3) is 14.9. The van der Waals surface area contributed by atoms with Gasteiger partial charge in [-0.05, 0) is 25.3 Å². The second kappa shape index (κ2) is 12.8. The lowest BCUT2D eigenvalue weighted by Crippen LogP contribution is -2.23. The zero-order valence-corrected chi connectivity index (χ0v) is 16.5. The maximum absolute atomic E-state index is 13.0. The molecule has 120 valence electrons. The van der Waals surface area contributed by atoms with Crippen LogP contribution in [0.4, 0.5) is 8.78 Å². The van der Waals surface area contributed by atoms with Gasteiger partial charge in [-0.15, -0.1) is 6.58 Å². The zero-order chi connectivity index (χ0) is 16.1. The fourth-order valence-electron chi connectivity index (χ4n) is 1.51. The summed E-state index contributed by atoms with van der Waals surface area (Å²) in [6.07, 6.45) is 2.50. The molecule has 21 heavy (non-hydrogen) atoms. The van der Waals surface area contributed by atoms with Crippen LogP contribution in [-0.4, -0.2) is 21.1 Å². The van der Waals surface area contributed by atoms with E-state index in [4.69, 9.17) is 4.74 Å². The van der Waals surface area contributed by atoms with Gasteiger partial charge in [-0.3, -0.25) is 0 Å². The fourth-order valence-corrected chi connectivity index (χ4v) is 1.51. The lowest BCUT2D eigenvalue weighted by atomic mass is 10.1. The van der Waals surface area contributed by atoms with Crippen LogP contribution < -0.4 is 0 Å². The Morgan fingerprint density at radius 2 is 1.86 bits per heavy atom. The molecule has 0 heterocycles. The molecular weight excluding hydrogens is 500 g/mol. The van der Waals surface area contributed by atoms with Crippen molar-refractivity contribution in [3.63, 3.8) is 0 Å². The van der Waals surface area contributed by atoms with E-state index in [-0.39, 0.29) is 6.42 Å². The van der Waals surface area contributed by atoms with Gasteiger partial charge in [0.15, 0.2) is 0 Å². The summed E-state index contributed by atoms with van der Waals surface area (Å²) in [4.78, 5) is 0. The molecule has 1 nitrogen and oxygen atoms in total. The van der Waals surface area contributed by atoms with Gasteiger partial charge in [-0.25, -0.2) is 8.78 Å². The van der Waals surface area contributed by atoms with E-state index in [0.717, 1.165) is 14.8 Å². The molecule has 0 bridgehead atoms. The smallest absolute Gasteiger partial charge is 0.274 e. The summed E-state index contributed by atoms with van der Waals surface area (Å²) < 4.78 is 31.7. The van der Waals surface area contributed by atoms with Crippen molar-refractivity contribution < 1.29 is 13.5 Å². The van der Waals surface area contributed by atoms with Crippen LogP contribution in [-0.2, 0) is 11.2 Å². The zero-order valence-electron chi connectivity index (χ0n) is 12.2. The first kappa shape index (κ1) is 21.2. The number of aryl methyl sites for hydroxylation is 1. The maximum atomic E-state index is 13.0. The fraction of sp³-hybridized carbons (Fsp3) is 0.500. The molecule has 0 N–H and O–H groups in total. The highest BCUT2D eigenvalue weighted by Crippen LogP contribution is 2.18. The van der Waals surface area contributed by atoms with Crippen molar-refractivity contribution in [2.75, 3.05) is 13.2 Å². The quantitative estimate of drug-likeness (QED) is 0.175. The molecule has 0 aliphatic rings. The number of alkyl halides is 4. The number of hydrogen-bond donors (Lipinski definition) is 0. The third-order valence-corrected chi connectivity index (χ3v) is 2.35. The van der Waals surface area contributed by atoms with Crippen molar-refractivity contribution in [3.05, 3.63) is 48.6 Å². The van der Waals surface area contributed by atoms with Gasteiger partial charge in [-0.2, -0.15) is 0 Å². The van der Waals surface area contributed by atoms with Crippen LogP contribution in [0.25, 0.3) is 0 Å². The van der Waals surface area contributed by atoms with Crippen LogP contribution >= 0.6 is 45.2 Å². The summed E-state index contributed by atoms with van der Waals surface area (Å²) in [5.41, 5.74) is 1.20. The number of benzene rings is 1. The first-order chi connectivity index (χ1) is 9.87. The van der Waals surface area contributed by atoms with Crippen molar-refractivity contribution in [2.24, 2.45) is 0 Å². The van der Waals surface area contributed by atoms with Crippen LogP contribution in [0.2, 0.25) is 0 Å². The Morgan fingerprint density at radius 1 is 1.29 bits per heavy atom. The van der Waals surface area contributed by atoms with E-state index in [1.807, 2.05) is 30.3 Å². The highest BCUT2D eigenvalue weighted by atomic mass is 127. The molecule has 1 aromatic rings. The molecule has 0 atom stereocenters. The molecule has 5 heteroatoms. The van der Waals surface area contributed by atoms with E-state index in [9.17, 15) is 8.78 Å². The minimum absolute atomic E-state index is 0.328. The van der Waals surface area contributed by atoms with Crippen LogP contribution in [0, 0.1) is 0 Å². The standard InChI is InChI=1S/C14H18F2O.C2H4I2/c1-2-10-14(15,16)12-17-11-6-9-13-7-4-3-5-8-13;1-2(3)4/h2-5,7-8H,1,6,9-12H2;2H,1H3. The van der Waals surface area contributed by atoms with Crippen LogP contribution in [0.3, 0.4) is 0 Å². The summed E-state index contributed by atoms with van der Waals surface area (Å²) >= 11 is 4.66. The molecule has 0 aromatic heterocycles. The lowest BCUT2D eigenvalue weighted by molar-refractivity contribution is -0.0744. The van der Waals surface area contributed by atoms with Gasteiger partial charge in [0.1, 0.15) is 6.61 Å². The number of halogens is 4. The number of hydrogen-bond acceptors (Lipinski definition) is 1. The number of rotatable bonds is 8. The monoisotopic (exact) mass is 522 g/mol. The van der Waals surface area contributed by atoms with Gasteiger partial charge in [0, 0.05) is 13.0 Å². The Kier molecular flexibility index (Phi) is 12.9. The molecule has 1 rings (SSSR count). The van der Waals surface area contributed by atoms with Crippen molar-refractivity contribution >= 4 is 45.2 Å². The van der Waals surface area contributed by atoms with Crippen LogP contribution in [0.5, 0.6) is 0 Å². The Labute approximate surface area is 153 Å². The molecule has 0 amide bonds. The average molecular weight is 522 g/mol. The first-order valence-electron chi connectivity index (χ1n) is 6.76. The highest BCUT2D eigenvalue weighted by Gasteiger charge is 2.26. The van der Waals surface area contributed by atoms with E-state index >= 15 is 0 Å². The van der Waals surface area contributed by atoms with Crippen molar-refractivity contribution in [2.45, 2.75) is 34.0 Å². The molecule has 0 saturated heterocycles. The Hall–Kier alpha value is 0.240. The third-order valence-electron chi connectivity index (χ3n) is 2.35. The van der Waals surface area contributed by atoms with Gasteiger partial charge in [-0.1, -0.05) is 81.6 Å². The normalized spacial score (nSPS) is 11.0. The van der Waals surface area contributed by atoms with E-state index in [2.05, 4.69) is 58.7 Å². The maximum Gasteiger partial charge on any atom is 0.274 e. The molecule has 0 saturated carbocycles. The Bertz CT molecular complexity index is 367. The van der Waals surface area contributed by atoms with Crippen molar-refractivity contribution in [1.29, 1.82) is 0 Å². The van der Waals surface area contributed by atoms with Gasteiger partial charge < -0.3 is 4.74 Å². The molecule has 1 aromatic carbocycles. The molecule has 0 fully saturated rings. The van der Waals surface area contributed by atoms with Crippen LogP contribution in [0.1, 0.15) is 25.3 Å². The van der Waals surface area contributed by atoms with Gasteiger partial charge in [0.25, 0.3) is 5.92 Å². The molecule has 0 unspecified atom stereocenters. The van der Waals surface area contributed by atoms with Gasteiger partial charge >= 0.3 is 0 Å². The van der Waals surface area contributed by atoms with E-state index in [0.29, 0.717) is 6.61 Å². The molecular formula is C16H22F2I2O. The SMILES string of the molecule is C=CCC(F)(F)COCCCc1ccccc1.CC(I)I. The van der Waals surface area contributed by atoms with Crippen molar-refractivity contribution in [3.8, 4) is 0 Å². The summed E-state index contributed by atoms with van der Waals surface area (Å²) in [5, 5.41) is 0. The Balaban J connectivity index is 0.000000885. The summed E-state index contributed by atoms with van der Waals surface area (Å²) in [5.74, 6) is -2.78. The van der Waals surface area contributed by atoms with Gasteiger partial charge in [0.05, 0.1) is 1.93 Å². The molecule has 0 spiro atoms. The van der Waals surface area contributed by atoms with E-state index in [1.165, 1.54) is 11.6 Å². The minimum atomic E-state index is -2.78. The summed E-state index contributed by atoms with van der Waals surface area (Å²) in [6.45, 7) is 5.28. The van der Waals surface area contributed by atoms with E-state index in [1.54, 1.807) is 0 Å². The first-order valence-corrected chi connectivity index (χ1v) is 9.25. The number of ether oxygens (including phenoxy) is 1. The van der Waals surface area contributed by atoms with Crippen LogP contribution in [0.15, 0.2) is 43.0 Å². The van der Waals surface area contributed by atoms with E-state index < -0.39 is 12.5 Å². The second-order valence-corrected chi connectivity index (χ2v) is 10.6. The largest absolute Gasteiger partial charge is 0.375 e. The molecule has 0 aliphatic heterocycles. The van der Waals surface area contributed by atoms with Gasteiger partial charge in [0.2, 0.25) is 0 Å². The number of allylic oxidation sites excluding steroid dienone is 1.